The topological polar surface area (TPSA) is 9.23 Å². The molecule has 0 spiro atoms. The highest BCUT2D eigenvalue weighted by molar-refractivity contribution is 5.29. The predicted octanol–water partition coefficient (Wildman–Crippen LogP) is 9.00. The summed E-state index contributed by atoms with van der Waals surface area (Å²) in [6, 6.07) is 11.3. The number of benzene rings is 2. The van der Waals surface area contributed by atoms with E-state index in [0.29, 0.717) is 11.8 Å². The molecule has 0 amide bonds. The molecule has 0 aliphatic heterocycles. The summed E-state index contributed by atoms with van der Waals surface area (Å²) in [6.45, 7) is 2.30. The zero-order valence-electron chi connectivity index (χ0n) is 19.5. The molecule has 0 saturated heterocycles. The summed E-state index contributed by atoms with van der Waals surface area (Å²) in [7, 11) is 0. The van der Waals surface area contributed by atoms with E-state index < -0.39 is 11.9 Å². The van der Waals surface area contributed by atoms with Crippen LogP contribution in [0, 0.1) is 23.6 Å². The Bertz CT molecular complexity index is 905. The second kappa shape index (κ2) is 10.8. The molecule has 2 fully saturated rings. The molecule has 2 aliphatic rings. The van der Waals surface area contributed by atoms with E-state index in [0.717, 1.165) is 49.1 Å². The zero-order chi connectivity index (χ0) is 23.3. The molecular formula is C29H35F3O. The van der Waals surface area contributed by atoms with E-state index in [4.69, 9.17) is 4.74 Å². The van der Waals surface area contributed by atoms with Gasteiger partial charge in [0.2, 0.25) is 0 Å². The van der Waals surface area contributed by atoms with Crippen molar-refractivity contribution in [3.63, 3.8) is 0 Å². The van der Waals surface area contributed by atoms with Crippen molar-refractivity contribution in [2.75, 3.05) is 0 Å². The summed E-state index contributed by atoms with van der Waals surface area (Å²) >= 11 is 0. The molecule has 0 aromatic heterocycles. The first kappa shape index (κ1) is 23.9. The van der Waals surface area contributed by atoms with E-state index in [2.05, 4.69) is 19.1 Å². The molecule has 2 aliphatic carbocycles. The van der Waals surface area contributed by atoms with Crippen molar-refractivity contribution in [3.05, 3.63) is 77.6 Å². The Morgan fingerprint density at radius 1 is 0.848 bits per heavy atom. The monoisotopic (exact) mass is 456 g/mol. The van der Waals surface area contributed by atoms with Gasteiger partial charge in [0.15, 0.2) is 0 Å². The fourth-order valence-electron chi connectivity index (χ4n) is 5.43. The summed E-state index contributed by atoms with van der Waals surface area (Å²) in [5, 5.41) is 0. The second-order valence-electron chi connectivity index (χ2n) is 9.88. The molecule has 4 rings (SSSR count). The lowest BCUT2D eigenvalue weighted by Crippen LogP contribution is -2.22. The molecule has 178 valence electrons. The van der Waals surface area contributed by atoms with Gasteiger partial charge in [-0.3, -0.25) is 0 Å². The number of hydrogen-bond donors (Lipinski definition) is 0. The highest BCUT2D eigenvalue weighted by Gasteiger charge is 2.35. The van der Waals surface area contributed by atoms with Crippen LogP contribution in [0.3, 0.4) is 0 Å². The minimum Gasteiger partial charge on any atom is -0.429 e. The number of ether oxygens (including phenoxy) is 1. The third kappa shape index (κ3) is 6.43. The molecule has 4 heteroatoms. The van der Waals surface area contributed by atoms with Crippen LogP contribution in [0.15, 0.2) is 60.7 Å². The Hall–Kier alpha value is -2.23. The molecule has 2 aromatic carbocycles. The SMILES string of the molecule is CCC1CCC(/C=C/C2CCC(c3ccc(C(F)(F)Oc4cccc(F)c4)cc3)CC2)CC1. The Morgan fingerprint density at radius 2 is 1.45 bits per heavy atom. The van der Waals surface area contributed by atoms with Crippen LogP contribution < -0.4 is 4.74 Å². The van der Waals surface area contributed by atoms with Crippen LogP contribution in [0.2, 0.25) is 0 Å². The van der Waals surface area contributed by atoms with Crippen molar-refractivity contribution in [1.29, 1.82) is 0 Å². The Morgan fingerprint density at radius 3 is 2.03 bits per heavy atom. The van der Waals surface area contributed by atoms with Crippen LogP contribution in [0.5, 0.6) is 5.75 Å². The zero-order valence-corrected chi connectivity index (χ0v) is 19.5. The fourth-order valence-corrected chi connectivity index (χ4v) is 5.43. The van der Waals surface area contributed by atoms with Crippen LogP contribution in [-0.2, 0) is 6.11 Å². The third-order valence-corrected chi connectivity index (χ3v) is 7.66. The lowest BCUT2D eigenvalue weighted by molar-refractivity contribution is -0.185. The highest BCUT2D eigenvalue weighted by Crippen LogP contribution is 2.39. The van der Waals surface area contributed by atoms with Crippen molar-refractivity contribution >= 4 is 0 Å². The van der Waals surface area contributed by atoms with Gasteiger partial charge in [0.25, 0.3) is 0 Å². The molecular weight excluding hydrogens is 421 g/mol. The Balaban J connectivity index is 1.28. The molecule has 0 N–H and O–H groups in total. The lowest BCUT2D eigenvalue weighted by Gasteiger charge is -2.29. The fraction of sp³-hybridized carbons (Fsp3) is 0.517. The van der Waals surface area contributed by atoms with Gasteiger partial charge in [0.1, 0.15) is 11.6 Å². The molecule has 33 heavy (non-hydrogen) atoms. The van der Waals surface area contributed by atoms with Crippen molar-refractivity contribution in [2.24, 2.45) is 17.8 Å². The molecule has 0 bridgehead atoms. The third-order valence-electron chi connectivity index (χ3n) is 7.66. The van der Waals surface area contributed by atoms with Gasteiger partial charge in [-0.25, -0.2) is 4.39 Å². The number of alkyl halides is 2. The van der Waals surface area contributed by atoms with Gasteiger partial charge < -0.3 is 4.74 Å². The first-order valence-electron chi connectivity index (χ1n) is 12.5. The summed E-state index contributed by atoms with van der Waals surface area (Å²) in [6.07, 6.45) is 12.7. The van der Waals surface area contributed by atoms with Gasteiger partial charge in [-0.1, -0.05) is 43.7 Å². The van der Waals surface area contributed by atoms with E-state index >= 15 is 0 Å². The second-order valence-corrected chi connectivity index (χ2v) is 9.88. The molecule has 2 aromatic rings. The van der Waals surface area contributed by atoms with Crippen molar-refractivity contribution in [3.8, 4) is 5.75 Å². The first-order chi connectivity index (χ1) is 15.9. The lowest BCUT2D eigenvalue weighted by atomic mass is 9.77. The van der Waals surface area contributed by atoms with E-state index in [1.165, 1.54) is 62.4 Å². The summed E-state index contributed by atoms with van der Waals surface area (Å²) in [4.78, 5) is 0. The molecule has 0 radical (unpaired) electrons. The standard InChI is InChI=1S/C29H35F3O/c1-2-21-6-8-22(9-7-21)10-11-23-12-14-24(15-13-23)25-16-18-26(19-17-25)29(31,32)33-28-5-3-4-27(30)20-28/h3-5,10-11,16-24H,2,6-9,12-15H2,1H3/b11-10+. The number of rotatable bonds is 7. The van der Waals surface area contributed by atoms with Crippen LogP contribution >= 0.6 is 0 Å². The van der Waals surface area contributed by atoms with Crippen molar-refractivity contribution in [2.45, 2.75) is 76.7 Å². The van der Waals surface area contributed by atoms with Crippen LogP contribution in [-0.4, -0.2) is 0 Å². The van der Waals surface area contributed by atoms with Crippen molar-refractivity contribution in [1.82, 2.24) is 0 Å². The maximum atomic E-state index is 14.5. The molecule has 1 nitrogen and oxygen atoms in total. The average Bonchev–Trinajstić information content (AvgIpc) is 2.83. The van der Waals surface area contributed by atoms with Gasteiger partial charge >= 0.3 is 6.11 Å². The quantitative estimate of drug-likeness (QED) is 0.378. The normalized spacial score (nSPS) is 26.4. The van der Waals surface area contributed by atoms with Crippen molar-refractivity contribution < 1.29 is 17.9 Å². The number of hydrogen-bond acceptors (Lipinski definition) is 1. The van der Waals surface area contributed by atoms with Crippen LogP contribution in [0.25, 0.3) is 0 Å². The minimum absolute atomic E-state index is 0.186. The first-order valence-corrected chi connectivity index (χ1v) is 12.5. The molecule has 0 heterocycles. The summed E-state index contributed by atoms with van der Waals surface area (Å²) < 4.78 is 47.1. The Kier molecular flexibility index (Phi) is 7.82. The Labute approximate surface area is 196 Å². The maximum Gasteiger partial charge on any atom is 0.426 e. The highest BCUT2D eigenvalue weighted by atomic mass is 19.3. The largest absolute Gasteiger partial charge is 0.429 e. The summed E-state index contributed by atoms with van der Waals surface area (Å²) in [5.74, 6) is 1.97. The van der Waals surface area contributed by atoms with Crippen LogP contribution in [0.4, 0.5) is 13.2 Å². The van der Waals surface area contributed by atoms with E-state index in [9.17, 15) is 13.2 Å². The minimum atomic E-state index is -3.51. The van der Waals surface area contributed by atoms with Gasteiger partial charge in [0.05, 0.1) is 5.56 Å². The molecule has 0 atom stereocenters. The van der Waals surface area contributed by atoms with Gasteiger partial charge in [0, 0.05) is 6.07 Å². The van der Waals surface area contributed by atoms with Gasteiger partial charge in [-0.15, -0.1) is 0 Å². The smallest absolute Gasteiger partial charge is 0.426 e. The molecule has 2 saturated carbocycles. The van der Waals surface area contributed by atoms with Gasteiger partial charge in [-0.2, -0.15) is 8.78 Å². The molecule has 0 unspecified atom stereocenters. The van der Waals surface area contributed by atoms with E-state index in [1.54, 1.807) is 12.1 Å². The van der Waals surface area contributed by atoms with Gasteiger partial charge in [-0.05, 0) is 105 Å². The van der Waals surface area contributed by atoms with Crippen LogP contribution in [0.1, 0.15) is 81.8 Å². The van der Waals surface area contributed by atoms with E-state index in [1.807, 2.05) is 0 Å². The maximum absolute atomic E-state index is 14.5. The average molecular weight is 457 g/mol. The predicted molar refractivity (Wildman–Crippen MR) is 127 cm³/mol. The number of allylic oxidation sites excluding steroid dienone is 2. The summed E-state index contributed by atoms with van der Waals surface area (Å²) in [5.41, 5.74) is 0.894. The van der Waals surface area contributed by atoms with E-state index in [-0.39, 0.29) is 11.3 Å². The number of halogens is 3.